The fourth-order valence-corrected chi connectivity index (χ4v) is 1.82. The van der Waals surface area contributed by atoms with E-state index in [4.69, 9.17) is 14.2 Å². The van der Waals surface area contributed by atoms with Crippen LogP contribution in [0.5, 0.6) is 17.2 Å². The Labute approximate surface area is 110 Å². The van der Waals surface area contributed by atoms with E-state index in [0.29, 0.717) is 30.5 Å². The van der Waals surface area contributed by atoms with Crippen LogP contribution in [0, 0.1) is 0 Å². The highest BCUT2D eigenvalue weighted by Gasteiger charge is 2.14. The van der Waals surface area contributed by atoms with Crippen molar-refractivity contribution in [3.05, 3.63) is 41.9 Å². The summed E-state index contributed by atoms with van der Waals surface area (Å²) < 4.78 is 17.0. The molecule has 0 unspecified atom stereocenters. The van der Waals surface area contributed by atoms with Gasteiger partial charge in [-0.25, -0.2) is 0 Å². The third kappa shape index (κ3) is 3.53. The van der Waals surface area contributed by atoms with Crippen LogP contribution in [0.15, 0.2) is 41.9 Å². The van der Waals surface area contributed by atoms with Gasteiger partial charge in [0, 0.05) is 0 Å². The van der Waals surface area contributed by atoms with Gasteiger partial charge < -0.3 is 14.2 Å². The molecule has 17 heavy (non-hydrogen) atoms. The molecular formula is C13H15BrO3. The average molecular weight is 299 g/mol. The summed E-state index contributed by atoms with van der Waals surface area (Å²) in [5.41, 5.74) is 0. The Morgan fingerprint density at radius 1 is 1.12 bits per heavy atom. The van der Waals surface area contributed by atoms with E-state index in [9.17, 15) is 0 Å². The second kappa shape index (κ2) is 7.01. The summed E-state index contributed by atoms with van der Waals surface area (Å²) in [4.78, 5) is 0. The largest absolute Gasteiger partial charge is 0.495 e. The van der Waals surface area contributed by atoms with E-state index in [-0.39, 0.29) is 0 Å². The first-order valence-electron chi connectivity index (χ1n) is 5.08. The van der Waals surface area contributed by atoms with Crippen molar-refractivity contribution in [1.82, 2.24) is 0 Å². The van der Waals surface area contributed by atoms with Crippen molar-refractivity contribution in [2.24, 2.45) is 0 Å². The van der Waals surface area contributed by atoms with Crippen LogP contribution in [0.1, 0.15) is 0 Å². The van der Waals surface area contributed by atoms with Crippen LogP contribution in [0.4, 0.5) is 0 Å². The van der Waals surface area contributed by atoms with Crippen LogP contribution in [0.3, 0.4) is 0 Å². The molecule has 4 heteroatoms. The van der Waals surface area contributed by atoms with Crippen molar-refractivity contribution in [2.75, 3.05) is 20.3 Å². The lowest BCUT2D eigenvalue weighted by Gasteiger charge is -2.14. The minimum absolute atomic E-state index is 0.399. The maximum absolute atomic E-state index is 5.55. The fraction of sp³-hybridized carbons (Fsp3) is 0.231. The van der Waals surface area contributed by atoms with E-state index in [0.717, 1.165) is 4.47 Å². The molecule has 0 saturated carbocycles. The molecule has 0 aliphatic rings. The molecular weight excluding hydrogens is 284 g/mol. The molecule has 0 atom stereocenters. The number of benzene rings is 1. The van der Waals surface area contributed by atoms with Gasteiger partial charge in [-0.2, -0.15) is 0 Å². The summed E-state index contributed by atoms with van der Waals surface area (Å²) in [5.74, 6) is 1.93. The molecule has 1 rings (SSSR count). The molecule has 0 aliphatic carbocycles. The molecule has 92 valence electrons. The van der Waals surface area contributed by atoms with Crippen molar-refractivity contribution in [3.8, 4) is 17.2 Å². The predicted octanol–water partition coefficient (Wildman–Crippen LogP) is 3.59. The van der Waals surface area contributed by atoms with Crippen molar-refractivity contribution < 1.29 is 14.2 Å². The summed E-state index contributed by atoms with van der Waals surface area (Å²) >= 11 is 3.42. The van der Waals surface area contributed by atoms with Gasteiger partial charge in [0.25, 0.3) is 0 Å². The Hall–Kier alpha value is -1.42. The minimum atomic E-state index is 0.399. The van der Waals surface area contributed by atoms with Gasteiger partial charge in [0.1, 0.15) is 23.4 Å². The Morgan fingerprint density at radius 3 is 2.29 bits per heavy atom. The number of hydrogen-bond acceptors (Lipinski definition) is 3. The van der Waals surface area contributed by atoms with Crippen molar-refractivity contribution >= 4 is 15.9 Å². The molecule has 0 bridgehead atoms. The molecule has 0 fully saturated rings. The monoisotopic (exact) mass is 298 g/mol. The zero-order valence-corrected chi connectivity index (χ0v) is 11.3. The van der Waals surface area contributed by atoms with E-state index in [1.54, 1.807) is 25.3 Å². The summed E-state index contributed by atoms with van der Waals surface area (Å²) in [7, 11) is 1.60. The smallest absolute Gasteiger partial charge is 0.179 e. The highest BCUT2D eigenvalue weighted by Crippen LogP contribution is 2.41. The summed E-state index contributed by atoms with van der Waals surface area (Å²) in [6, 6.07) is 3.61. The minimum Gasteiger partial charge on any atom is -0.495 e. The Balaban J connectivity index is 3.05. The number of halogens is 1. The number of hydrogen-bond donors (Lipinski definition) is 0. The number of methoxy groups -OCH3 is 1. The van der Waals surface area contributed by atoms with Crippen molar-refractivity contribution in [3.63, 3.8) is 0 Å². The molecule has 0 N–H and O–H groups in total. The molecule has 0 aliphatic heterocycles. The van der Waals surface area contributed by atoms with Gasteiger partial charge in [0.15, 0.2) is 11.5 Å². The predicted molar refractivity (Wildman–Crippen MR) is 72.1 cm³/mol. The molecule has 3 nitrogen and oxygen atoms in total. The Kier molecular flexibility index (Phi) is 5.63. The van der Waals surface area contributed by atoms with Gasteiger partial charge in [-0.3, -0.25) is 0 Å². The van der Waals surface area contributed by atoms with Crippen molar-refractivity contribution in [2.45, 2.75) is 0 Å². The van der Waals surface area contributed by atoms with Crippen LogP contribution >= 0.6 is 15.9 Å². The van der Waals surface area contributed by atoms with Crippen LogP contribution in [0.2, 0.25) is 0 Å². The zero-order chi connectivity index (χ0) is 12.7. The van der Waals surface area contributed by atoms with Gasteiger partial charge in [-0.1, -0.05) is 25.3 Å². The van der Waals surface area contributed by atoms with E-state index >= 15 is 0 Å². The van der Waals surface area contributed by atoms with Gasteiger partial charge in [-0.05, 0) is 28.1 Å². The molecule has 0 heterocycles. The first kappa shape index (κ1) is 13.6. The first-order valence-corrected chi connectivity index (χ1v) is 5.87. The third-order valence-corrected chi connectivity index (χ3v) is 2.70. The lowest BCUT2D eigenvalue weighted by molar-refractivity contribution is 0.303. The average Bonchev–Trinajstić information content (AvgIpc) is 2.35. The molecule has 0 spiro atoms. The maximum atomic E-state index is 5.55. The standard InChI is InChI=1S/C13H15BrO3/c1-4-8-16-11-7-6-10(15-3)12(14)13(11)17-9-5-2/h4-7H,1-2,8-9H2,3H3. The number of rotatable bonds is 7. The van der Waals surface area contributed by atoms with Crippen LogP contribution in [0.25, 0.3) is 0 Å². The Morgan fingerprint density at radius 2 is 1.71 bits per heavy atom. The van der Waals surface area contributed by atoms with Gasteiger partial charge in [-0.15, -0.1) is 0 Å². The maximum Gasteiger partial charge on any atom is 0.179 e. The fourth-order valence-electron chi connectivity index (χ4n) is 1.22. The van der Waals surface area contributed by atoms with E-state index in [1.807, 2.05) is 6.07 Å². The second-order valence-corrected chi connectivity index (χ2v) is 3.90. The van der Waals surface area contributed by atoms with E-state index in [2.05, 4.69) is 29.1 Å². The zero-order valence-electron chi connectivity index (χ0n) is 9.74. The quantitative estimate of drug-likeness (QED) is 0.720. The molecule has 0 saturated heterocycles. The van der Waals surface area contributed by atoms with Crippen LogP contribution < -0.4 is 14.2 Å². The summed E-state index contributed by atoms with van der Waals surface area (Å²) in [6.07, 6.45) is 3.35. The second-order valence-electron chi connectivity index (χ2n) is 3.11. The lowest BCUT2D eigenvalue weighted by Crippen LogP contribution is -2.01. The molecule has 0 amide bonds. The van der Waals surface area contributed by atoms with Crippen LogP contribution in [-0.2, 0) is 0 Å². The molecule has 0 aromatic heterocycles. The van der Waals surface area contributed by atoms with E-state index < -0.39 is 0 Å². The lowest BCUT2D eigenvalue weighted by atomic mass is 10.3. The Bertz CT molecular complexity index is 402. The third-order valence-electron chi connectivity index (χ3n) is 1.95. The van der Waals surface area contributed by atoms with E-state index in [1.165, 1.54) is 0 Å². The highest BCUT2D eigenvalue weighted by molar-refractivity contribution is 9.10. The molecule has 0 radical (unpaired) electrons. The number of ether oxygens (including phenoxy) is 3. The summed E-state index contributed by atoms with van der Waals surface area (Å²) in [6.45, 7) is 8.04. The SMILES string of the molecule is C=CCOc1ccc(OC)c(Br)c1OCC=C. The normalized spacial score (nSPS) is 9.53. The topological polar surface area (TPSA) is 27.7 Å². The highest BCUT2D eigenvalue weighted by atomic mass is 79.9. The van der Waals surface area contributed by atoms with Gasteiger partial charge in [0.2, 0.25) is 0 Å². The van der Waals surface area contributed by atoms with Crippen LogP contribution in [-0.4, -0.2) is 20.3 Å². The van der Waals surface area contributed by atoms with Crippen molar-refractivity contribution in [1.29, 1.82) is 0 Å². The molecule has 1 aromatic rings. The van der Waals surface area contributed by atoms with Gasteiger partial charge >= 0.3 is 0 Å². The molecule has 1 aromatic carbocycles. The summed E-state index contributed by atoms with van der Waals surface area (Å²) in [5, 5.41) is 0. The van der Waals surface area contributed by atoms with Gasteiger partial charge in [0.05, 0.1) is 7.11 Å². The first-order chi connectivity index (χ1) is 8.24.